The highest BCUT2D eigenvalue weighted by atomic mass is 35.5. The summed E-state index contributed by atoms with van der Waals surface area (Å²) in [6, 6.07) is 20.0. The number of halogens is 2. The maximum Gasteiger partial charge on any atom is 0.335 e. The smallest absolute Gasteiger partial charge is 0.335 e. The van der Waals surface area contributed by atoms with Crippen LogP contribution in [0.2, 0.25) is 5.02 Å². The topological polar surface area (TPSA) is 78.8 Å². The largest absolute Gasteiger partial charge is 0.478 e. The number of aryl methyl sites for hydroxylation is 1. The Bertz CT molecular complexity index is 1070. The Morgan fingerprint density at radius 2 is 1.81 bits per heavy atom. The molecule has 0 fully saturated rings. The molecule has 168 valence electrons. The fraction of sp³-hybridized carbons (Fsp3) is 0.240. The summed E-state index contributed by atoms with van der Waals surface area (Å²) in [7, 11) is 0. The number of carbonyl (C=O) groups is 1. The number of aliphatic hydroxyl groups is 1. The molecule has 0 aliphatic heterocycles. The first-order valence-corrected chi connectivity index (χ1v) is 10.7. The molecule has 0 aromatic heterocycles. The fourth-order valence-corrected chi connectivity index (χ4v) is 4.08. The minimum Gasteiger partial charge on any atom is -0.478 e. The minimum absolute atomic E-state index is 0. The molecule has 5 nitrogen and oxygen atoms in total. The summed E-state index contributed by atoms with van der Waals surface area (Å²) in [5.41, 5.74) is 3.56. The summed E-state index contributed by atoms with van der Waals surface area (Å²) in [5, 5.41) is 23.6. The Labute approximate surface area is 198 Å². The average Bonchev–Trinajstić information content (AvgIpc) is 2.77. The Hall–Kier alpha value is -2.57. The zero-order valence-corrected chi connectivity index (χ0v) is 18.9. The highest BCUT2D eigenvalue weighted by molar-refractivity contribution is 6.30. The van der Waals surface area contributed by atoms with E-state index in [1.165, 1.54) is 23.3 Å². The summed E-state index contributed by atoms with van der Waals surface area (Å²) >= 11 is 6.02. The molecule has 4 rings (SSSR count). The lowest BCUT2D eigenvalue weighted by atomic mass is 9.88. The Balaban J connectivity index is 0.00000289. The zero-order chi connectivity index (χ0) is 21.8. The van der Waals surface area contributed by atoms with Crippen LogP contribution in [0.25, 0.3) is 0 Å². The van der Waals surface area contributed by atoms with E-state index < -0.39 is 12.1 Å². The third-order valence-electron chi connectivity index (χ3n) is 5.58. The van der Waals surface area contributed by atoms with Crippen LogP contribution < -0.4 is 10.1 Å². The summed E-state index contributed by atoms with van der Waals surface area (Å²) < 4.78 is 5.92. The first-order chi connectivity index (χ1) is 15.0. The summed E-state index contributed by atoms with van der Waals surface area (Å²) in [6.45, 7) is 0.465. The molecule has 0 bridgehead atoms. The molecule has 0 amide bonds. The molecule has 0 heterocycles. The second kappa shape index (κ2) is 10.8. The molecule has 1 aliphatic rings. The van der Waals surface area contributed by atoms with Gasteiger partial charge in [0.25, 0.3) is 0 Å². The number of fused-ring (bicyclic) bond motifs is 1. The molecular formula is C25H25Cl2NO4. The second-order valence-electron chi connectivity index (χ2n) is 7.78. The van der Waals surface area contributed by atoms with Crippen LogP contribution in [-0.4, -0.2) is 28.8 Å². The number of aromatic carboxylic acids is 1. The number of hydrogen-bond acceptors (Lipinski definition) is 4. The number of carboxylic acids is 1. The van der Waals surface area contributed by atoms with Crippen LogP contribution in [0, 0.1) is 0 Å². The molecule has 2 atom stereocenters. The van der Waals surface area contributed by atoms with Crippen LogP contribution in [0.15, 0.2) is 66.7 Å². The molecule has 3 aromatic rings. The van der Waals surface area contributed by atoms with E-state index >= 15 is 0 Å². The Morgan fingerprint density at radius 1 is 1.06 bits per heavy atom. The fourth-order valence-electron chi connectivity index (χ4n) is 3.88. The maximum atomic E-state index is 11.0. The Kier molecular flexibility index (Phi) is 8.15. The van der Waals surface area contributed by atoms with Crippen molar-refractivity contribution in [1.29, 1.82) is 0 Å². The van der Waals surface area contributed by atoms with E-state index in [9.17, 15) is 9.90 Å². The third kappa shape index (κ3) is 6.02. The summed E-state index contributed by atoms with van der Waals surface area (Å²) in [6.07, 6.45) is 2.22. The van der Waals surface area contributed by atoms with Gasteiger partial charge in [0.2, 0.25) is 0 Å². The lowest BCUT2D eigenvalue weighted by molar-refractivity contribution is 0.0697. The van der Waals surface area contributed by atoms with Gasteiger partial charge < -0.3 is 20.3 Å². The SMILES string of the molecule is Cl.O=C(O)c1ccc(Oc2ccc3c(c2)C[C@@H](NC[C@@H](O)c2cccc(Cl)c2)CC3)cc1. The van der Waals surface area contributed by atoms with Gasteiger partial charge in [0.05, 0.1) is 11.7 Å². The van der Waals surface area contributed by atoms with Crippen molar-refractivity contribution in [3.63, 3.8) is 0 Å². The lowest BCUT2D eigenvalue weighted by Gasteiger charge is -2.27. The van der Waals surface area contributed by atoms with E-state index in [1.54, 1.807) is 24.3 Å². The molecule has 0 radical (unpaired) electrons. The normalized spacial score (nSPS) is 15.9. The molecule has 3 aromatic carbocycles. The third-order valence-corrected chi connectivity index (χ3v) is 5.81. The van der Waals surface area contributed by atoms with Gasteiger partial charge in [-0.3, -0.25) is 0 Å². The maximum absolute atomic E-state index is 11.0. The first kappa shape index (κ1) is 24.1. The summed E-state index contributed by atoms with van der Waals surface area (Å²) in [5.74, 6) is 0.362. The van der Waals surface area contributed by atoms with Gasteiger partial charge in [-0.05, 0) is 84.5 Å². The van der Waals surface area contributed by atoms with Gasteiger partial charge in [0, 0.05) is 17.6 Å². The van der Waals surface area contributed by atoms with E-state index in [0.29, 0.717) is 17.3 Å². The number of benzene rings is 3. The molecule has 7 heteroatoms. The molecule has 0 spiro atoms. The number of hydrogen-bond donors (Lipinski definition) is 3. The number of carboxylic acid groups (broad SMARTS) is 1. The molecule has 0 unspecified atom stereocenters. The minimum atomic E-state index is -0.959. The number of ether oxygens (including phenoxy) is 1. The van der Waals surface area contributed by atoms with Gasteiger partial charge in [-0.1, -0.05) is 29.8 Å². The van der Waals surface area contributed by atoms with Crippen molar-refractivity contribution in [3.8, 4) is 11.5 Å². The van der Waals surface area contributed by atoms with Crippen molar-refractivity contribution in [2.45, 2.75) is 31.4 Å². The molecule has 32 heavy (non-hydrogen) atoms. The highest BCUT2D eigenvalue weighted by Crippen LogP contribution is 2.29. The van der Waals surface area contributed by atoms with Crippen LogP contribution in [0.3, 0.4) is 0 Å². The molecule has 0 saturated carbocycles. The average molecular weight is 474 g/mol. The van der Waals surface area contributed by atoms with Crippen LogP contribution >= 0.6 is 24.0 Å². The lowest BCUT2D eigenvalue weighted by Crippen LogP contribution is -2.37. The molecular weight excluding hydrogens is 449 g/mol. The second-order valence-corrected chi connectivity index (χ2v) is 8.22. The van der Waals surface area contributed by atoms with Gasteiger partial charge in [0.1, 0.15) is 11.5 Å². The van der Waals surface area contributed by atoms with E-state index in [4.69, 9.17) is 21.4 Å². The summed E-state index contributed by atoms with van der Waals surface area (Å²) in [4.78, 5) is 11.0. The highest BCUT2D eigenvalue weighted by Gasteiger charge is 2.20. The van der Waals surface area contributed by atoms with E-state index in [2.05, 4.69) is 11.4 Å². The van der Waals surface area contributed by atoms with E-state index in [0.717, 1.165) is 30.6 Å². The number of nitrogens with one attached hydrogen (secondary N) is 1. The monoisotopic (exact) mass is 473 g/mol. The van der Waals surface area contributed by atoms with Crippen LogP contribution in [-0.2, 0) is 12.8 Å². The van der Waals surface area contributed by atoms with Crippen molar-refractivity contribution in [2.24, 2.45) is 0 Å². The van der Waals surface area contributed by atoms with Crippen molar-refractivity contribution >= 4 is 30.0 Å². The van der Waals surface area contributed by atoms with Crippen LogP contribution in [0.5, 0.6) is 11.5 Å². The first-order valence-electron chi connectivity index (χ1n) is 10.3. The van der Waals surface area contributed by atoms with Crippen molar-refractivity contribution in [1.82, 2.24) is 5.32 Å². The van der Waals surface area contributed by atoms with E-state index in [-0.39, 0.29) is 24.0 Å². The molecule has 1 aliphatic carbocycles. The number of rotatable bonds is 7. The number of aliphatic hydroxyl groups excluding tert-OH is 1. The van der Waals surface area contributed by atoms with Gasteiger partial charge in [-0.15, -0.1) is 12.4 Å². The molecule has 3 N–H and O–H groups in total. The van der Waals surface area contributed by atoms with Crippen LogP contribution in [0.1, 0.15) is 39.6 Å². The van der Waals surface area contributed by atoms with Crippen molar-refractivity contribution in [2.75, 3.05) is 6.54 Å². The van der Waals surface area contributed by atoms with Crippen LogP contribution in [0.4, 0.5) is 0 Å². The van der Waals surface area contributed by atoms with E-state index in [1.807, 2.05) is 24.3 Å². The van der Waals surface area contributed by atoms with Gasteiger partial charge in [-0.2, -0.15) is 0 Å². The standard InChI is InChI=1S/C25H24ClNO4.ClH/c26-20-3-1-2-18(12-20)24(28)15-27-21-8-4-16-5-11-23(14-19(16)13-21)31-22-9-6-17(7-10-22)25(29)30;/h1-3,5-7,9-12,14,21,24,27-28H,4,8,13,15H2,(H,29,30);1H/t21-,24+;/m0./s1. The predicted octanol–water partition coefficient (Wildman–Crippen LogP) is 5.43. The van der Waals surface area contributed by atoms with Gasteiger partial charge >= 0.3 is 5.97 Å². The molecule has 0 saturated heterocycles. The zero-order valence-electron chi connectivity index (χ0n) is 17.3. The van der Waals surface area contributed by atoms with Crippen molar-refractivity contribution in [3.05, 3.63) is 94.0 Å². The predicted molar refractivity (Wildman–Crippen MR) is 127 cm³/mol. The van der Waals surface area contributed by atoms with Gasteiger partial charge in [-0.25, -0.2) is 4.79 Å². The Morgan fingerprint density at radius 3 is 2.53 bits per heavy atom. The van der Waals surface area contributed by atoms with Crippen molar-refractivity contribution < 1.29 is 19.7 Å². The van der Waals surface area contributed by atoms with Gasteiger partial charge in [0.15, 0.2) is 0 Å². The quantitative estimate of drug-likeness (QED) is 0.426.